The molecule has 3 rings (SSSR count). The molecule has 0 bridgehead atoms. The smallest absolute Gasteiger partial charge is 0.278 e. The fraction of sp³-hybridized carbons (Fsp3) is 0.316. The van der Waals surface area contributed by atoms with E-state index >= 15 is 0 Å². The first kappa shape index (κ1) is 18.2. The zero-order chi connectivity index (χ0) is 18.8. The molecule has 0 unspecified atom stereocenters. The molecule has 0 saturated heterocycles. The van der Waals surface area contributed by atoms with Crippen molar-refractivity contribution >= 4 is 23.2 Å². The molecule has 1 N–H and O–H groups in total. The highest BCUT2D eigenvalue weighted by atomic mass is 35.5. The van der Waals surface area contributed by atoms with Gasteiger partial charge in [-0.15, -0.1) is 0 Å². The third-order valence-electron chi connectivity index (χ3n) is 4.42. The quantitative estimate of drug-likeness (QED) is 0.724. The molecule has 7 heteroatoms. The Labute approximate surface area is 157 Å². The van der Waals surface area contributed by atoms with Crippen LogP contribution in [0.4, 0.5) is 5.69 Å². The van der Waals surface area contributed by atoms with Crippen LogP contribution in [0, 0.1) is 20.8 Å². The molecule has 0 aliphatic heterocycles. The Kier molecular flexibility index (Phi) is 5.13. The van der Waals surface area contributed by atoms with Crippen LogP contribution in [0.2, 0.25) is 5.02 Å². The summed E-state index contributed by atoms with van der Waals surface area (Å²) in [6.07, 6.45) is 0.950. The van der Waals surface area contributed by atoms with E-state index in [-0.39, 0.29) is 11.6 Å². The van der Waals surface area contributed by atoms with Crippen LogP contribution in [0.5, 0.6) is 0 Å². The highest BCUT2D eigenvalue weighted by Gasteiger charge is 2.22. The van der Waals surface area contributed by atoms with E-state index in [1.54, 1.807) is 11.6 Å². The van der Waals surface area contributed by atoms with Crippen LogP contribution in [-0.2, 0) is 13.0 Å². The van der Waals surface area contributed by atoms with Gasteiger partial charge in [0.1, 0.15) is 5.76 Å². The number of aryl methyl sites for hydroxylation is 3. The Morgan fingerprint density at radius 2 is 1.92 bits per heavy atom. The van der Waals surface area contributed by atoms with Gasteiger partial charge in [-0.2, -0.15) is 5.10 Å². The lowest BCUT2D eigenvalue weighted by Crippen LogP contribution is -2.16. The van der Waals surface area contributed by atoms with Gasteiger partial charge in [-0.05, 0) is 44.9 Å². The standard InChI is InChI=1S/C19H21ClN4O2/c1-5-14-6-8-15(9-7-14)21-19(25)18-16(13(4)26-23-18)10-24-12(3)17(20)11(2)22-24/h6-9H,5,10H2,1-4H3,(H,21,25). The number of hydrogen-bond donors (Lipinski definition) is 1. The second-order valence-electron chi connectivity index (χ2n) is 6.21. The molecule has 2 heterocycles. The molecule has 0 fully saturated rings. The van der Waals surface area contributed by atoms with Crippen LogP contribution in [-0.4, -0.2) is 20.8 Å². The minimum absolute atomic E-state index is 0.255. The third kappa shape index (κ3) is 3.51. The first-order valence-electron chi connectivity index (χ1n) is 8.45. The van der Waals surface area contributed by atoms with Gasteiger partial charge in [-0.25, -0.2) is 0 Å². The summed E-state index contributed by atoms with van der Waals surface area (Å²) < 4.78 is 7.01. The van der Waals surface area contributed by atoms with E-state index in [1.807, 2.05) is 38.1 Å². The van der Waals surface area contributed by atoms with Gasteiger partial charge in [-0.1, -0.05) is 35.8 Å². The number of nitrogens with one attached hydrogen (secondary N) is 1. The van der Waals surface area contributed by atoms with Gasteiger partial charge in [0.2, 0.25) is 0 Å². The Hall–Kier alpha value is -2.60. The summed E-state index contributed by atoms with van der Waals surface area (Å²) in [6, 6.07) is 7.74. The number of halogens is 1. The largest absolute Gasteiger partial charge is 0.361 e. The number of carbonyl (C=O) groups is 1. The van der Waals surface area contributed by atoms with E-state index in [9.17, 15) is 4.79 Å². The second kappa shape index (κ2) is 7.33. The molecule has 1 amide bonds. The summed E-state index contributed by atoms with van der Waals surface area (Å²) in [6.45, 7) is 7.97. The molecule has 0 spiro atoms. The molecular formula is C19H21ClN4O2. The van der Waals surface area contributed by atoms with Crippen molar-refractivity contribution in [3.63, 3.8) is 0 Å². The fourth-order valence-electron chi connectivity index (χ4n) is 2.75. The lowest BCUT2D eigenvalue weighted by atomic mass is 10.1. The Morgan fingerprint density at radius 1 is 1.23 bits per heavy atom. The lowest BCUT2D eigenvalue weighted by Gasteiger charge is -2.07. The highest BCUT2D eigenvalue weighted by molar-refractivity contribution is 6.31. The van der Waals surface area contributed by atoms with Gasteiger partial charge in [0.25, 0.3) is 5.91 Å². The van der Waals surface area contributed by atoms with Crippen molar-refractivity contribution in [2.75, 3.05) is 5.32 Å². The molecule has 3 aromatic rings. The molecule has 6 nitrogen and oxygen atoms in total. The zero-order valence-corrected chi connectivity index (χ0v) is 16.0. The summed E-state index contributed by atoms with van der Waals surface area (Å²) in [5, 5.41) is 11.8. The number of benzene rings is 1. The zero-order valence-electron chi connectivity index (χ0n) is 15.3. The summed E-state index contributed by atoms with van der Waals surface area (Å²) in [5.41, 5.74) is 4.46. The number of hydrogen-bond acceptors (Lipinski definition) is 4. The van der Waals surface area contributed by atoms with Gasteiger partial charge < -0.3 is 9.84 Å². The number of amides is 1. The molecule has 0 aliphatic carbocycles. The fourth-order valence-corrected chi connectivity index (χ4v) is 2.88. The molecule has 0 aliphatic rings. The van der Waals surface area contributed by atoms with Gasteiger partial charge in [0.05, 0.1) is 23.0 Å². The first-order chi connectivity index (χ1) is 12.4. The van der Waals surface area contributed by atoms with Gasteiger partial charge in [0, 0.05) is 11.3 Å². The minimum Gasteiger partial charge on any atom is -0.361 e. The topological polar surface area (TPSA) is 73.0 Å². The molecule has 136 valence electrons. The molecule has 26 heavy (non-hydrogen) atoms. The summed E-state index contributed by atoms with van der Waals surface area (Å²) in [5.74, 6) is 0.272. The van der Waals surface area contributed by atoms with Crippen LogP contribution in [0.1, 0.15) is 45.7 Å². The van der Waals surface area contributed by atoms with Crippen molar-refractivity contribution in [2.45, 2.75) is 40.7 Å². The molecule has 0 radical (unpaired) electrons. The third-order valence-corrected chi connectivity index (χ3v) is 4.97. The average molecular weight is 373 g/mol. The van der Waals surface area contributed by atoms with Crippen molar-refractivity contribution in [1.82, 2.24) is 14.9 Å². The van der Waals surface area contributed by atoms with E-state index in [2.05, 4.69) is 22.5 Å². The lowest BCUT2D eigenvalue weighted by molar-refractivity contribution is 0.101. The van der Waals surface area contributed by atoms with Crippen LogP contribution < -0.4 is 5.32 Å². The Morgan fingerprint density at radius 3 is 2.50 bits per heavy atom. The number of nitrogens with zero attached hydrogens (tertiary/aromatic N) is 3. The van der Waals surface area contributed by atoms with Gasteiger partial charge >= 0.3 is 0 Å². The second-order valence-corrected chi connectivity index (χ2v) is 6.59. The first-order valence-corrected chi connectivity index (χ1v) is 8.83. The molecular weight excluding hydrogens is 352 g/mol. The van der Waals surface area contributed by atoms with Crippen LogP contribution >= 0.6 is 11.6 Å². The van der Waals surface area contributed by atoms with E-state index < -0.39 is 0 Å². The van der Waals surface area contributed by atoms with Crippen LogP contribution in [0.3, 0.4) is 0 Å². The average Bonchev–Trinajstić information content (AvgIpc) is 3.11. The normalized spacial score (nSPS) is 11.0. The molecule has 2 aromatic heterocycles. The maximum atomic E-state index is 12.7. The van der Waals surface area contributed by atoms with Crippen molar-refractivity contribution in [1.29, 1.82) is 0 Å². The Balaban J connectivity index is 1.84. The predicted molar refractivity (Wildman–Crippen MR) is 101 cm³/mol. The molecule has 1 aromatic carbocycles. The van der Waals surface area contributed by atoms with E-state index in [1.165, 1.54) is 5.56 Å². The van der Waals surface area contributed by atoms with E-state index in [4.69, 9.17) is 16.1 Å². The summed E-state index contributed by atoms with van der Waals surface area (Å²) >= 11 is 6.21. The van der Waals surface area contributed by atoms with E-state index in [0.29, 0.717) is 28.6 Å². The highest BCUT2D eigenvalue weighted by Crippen LogP contribution is 2.22. The summed E-state index contributed by atoms with van der Waals surface area (Å²) in [7, 11) is 0. The molecule has 0 saturated carbocycles. The maximum absolute atomic E-state index is 12.7. The van der Waals surface area contributed by atoms with Crippen molar-refractivity contribution in [3.8, 4) is 0 Å². The predicted octanol–water partition coefficient (Wildman–Crippen LogP) is 4.31. The van der Waals surface area contributed by atoms with Crippen molar-refractivity contribution in [3.05, 3.63) is 63.3 Å². The monoisotopic (exact) mass is 372 g/mol. The number of anilines is 1. The SMILES string of the molecule is CCc1ccc(NC(=O)c2noc(C)c2Cn2nc(C)c(Cl)c2C)cc1. The van der Waals surface area contributed by atoms with Gasteiger partial charge in [-0.3, -0.25) is 9.48 Å². The van der Waals surface area contributed by atoms with Crippen molar-refractivity contribution < 1.29 is 9.32 Å². The summed E-state index contributed by atoms with van der Waals surface area (Å²) in [4.78, 5) is 12.7. The van der Waals surface area contributed by atoms with Crippen molar-refractivity contribution in [2.24, 2.45) is 0 Å². The minimum atomic E-state index is -0.311. The molecule has 0 atom stereocenters. The van der Waals surface area contributed by atoms with Crippen LogP contribution in [0.15, 0.2) is 28.8 Å². The van der Waals surface area contributed by atoms with Crippen LogP contribution in [0.25, 0.3) is 0 Å². The Bertz CT molecular complexity index is 941. The number of aromatic nitrogens is 3. The van der Waals surface area contributed by atoms with Gasteiger partial charge in [0.15, 0.2) is 5.69 Å². The number of carbonyl (C=O) groups excluding carboxylic acids is 1. The van der Waals surface area contributed by atoms with E-state index in [0.717, 1.165) is 17.8 Å². The maximum Gasteiger partial charge on any atom is 0.278 e. The number of rotatable bonds is 5.